The summed E-state index contributed by atoms with van der Waals surface area (Å²) >= 11 is 0. The van der Waals surface area contributed by atoms with Crippen LogP contribution in [0.2, 0.25) is 0 Å². The number of piperazine rings is 1. The highest BCUT2D eigenvalue weighted by Gasteiger charge is 2.32. The molecule has 1 aromatic carbocycles. The van der Waals surface area contributed by atoms with Crippen LogP contribution >= 0.6 is 12.4 Å². The summed E-state index contributed by atoms with van der Waals surface area (Å²) in [5.74, 6) is 0.0398. The molecule has 1 N–H and O–H groups in total. The van der Waals surface area contributed by atoms with Crippen LogP contribution in [0.5, 0.6) is 0 Å². The van der Waals surface area contributed by atoms with Gasteiger partial charge in [-0.3, -0.25) is 14.9 Å². The van der Waals surface area contributed by atoms with Crippen molar-refractivity contribution < 1.29 is 18.1 Å². The molecule has 3 rings (SSSR count). The zero-order chi connectivity index (χ0) is 19.6. The number of nitrogens with one attached hydrogen (secondary N) is 1. The number of halogens is 1. The molecule has 0 bridgehead atoms. The van der Waals surface area contributed by atoms with E-state index >= 15 is 0 Å². The Morgan fingerprint density at radius 1 is 1.29 bits per heavy atom. The molecular formula is C17H25ClN4O5S. The highest BCUT2D eigenvalue weighted by molar-refractivity contribution is 7.89. The fraction of sp³-hybridized carbons (Fsp3) is 0.588. The predicted octanol–water partition coefficient (Wildman–Crippen LogP) is 1.30. The van der Waals surface area contributed by atoms with E-state index in [9.17, 15) is 23.3 Å². The Kier molecular flexibility index (Phi) is 7.38. The average molecular weight is 433 g/mol. The monoisotopic (exact) mass is 432 g/mol. The summed E-state index contributed by atoms with van der Waals surface area (Å²) in [5, 5.41) is 14.3. The smallest absolute Gasteiger partial charge is 0.270 e. The van der Waals surface area contributed by atoms with Crippen molar-refractivity contribution in [2.24, 2.45) is 0 Å². The van der Waals surface area contributed by atoms with Gasteiger partial charge in [-0.15, -0.1) is 12.4 Å². The second kappa shape index (κ2) is 9.17. The van der Waals surface area contributed by atoms with E-state index in [-0.39, 0.29) is 48.0 Å². The SMILES string of the molecule is Cc1ccc([N+](=O)[O-])cc1S(=O)(=O)N1CCN(C(=O)CC2CCCN2)CC1.Cl. The minimum absolute atomic E-state index is 0. The quantitative estimate of drug-likeness (QED) is 0.554. The van der Waals surface area contributed by atoms with E-state index in [2.05, 4.69) is 5.32 Å². The molecule has 11 heteroatoms. The molecule has 0 aliphatic carbocycles. The Bertz CT molecular complexity index is 834. The van der Waals surface area contributed by atoms with Crippen molar-refractivity contribution in [2.45, 2.75) is 37.1 Å². The Morgan fingerprint density at radius 3 is 2.54 bits per heavy atom. The van der Waals surface area contributed by atoms with E-state index < -0.39 is 14.9 Å². The van der Waals surface area contributed by atoms with Gasteiger partial charge in [0.15, 0.2) is 0 Å². The van der Waals surface area contributed by atoms with Crippen molar-refractivity contribution in [3.05, 3.63) is 33.9 Å². The summed E-state index contributed by atoms with van der Waals surface area (Å²) in [6.07, 6.45) is 2.51. The molecule has 2 fully saturated rings. The van der Waals surface area contributed by atoms with Crippen LogP contribution in [0.1, 0.15) is 24.8 Å². The van der Waals surface area contributed by atoms with Crippen molar-refractivity contribution in [1.82, 2.24) is 14.5 Å². The summed E-state index contributed by atoms with van der Waals surface area (Å²) in [6.45, 7) is 3.59. The van der Waals surface area contributed by atoms with Crippen LogP contribution in [0.15, 0.2) is 23.1 Å². The Morgan fingerprint density at radius 2 is 1.96 bits per heavy atom. The molecule has 1 atom stereocenters. The Hall–Kier alpha value is -1.75. The number of sulfonamides is 1. The van der Waals surface area contributed by atoms with Crippen molar-refractivity contribution >= 4 is 34.0 Å². The largest absolute Gasteiger partial charge is 0.340 e. The molecule has 1 unspecified atom stereocenters. The van der Waals surface area contributed by atoms with Crippen LogP contribution in [-0.4, -0.2) is 67.2 Å². The van der Waals surface area contributed by atoms with Crippen LogP contribution in [0.4, 0.5) is 5.69 Å². The Balaban J connectivity index is 0.00000280. The normalized spacial score (nSPS) is 20.6. The van der Waals surface area contributed by atoms with Gasteiger partial charge in [0.25, 0.3) is 5.69 Å². The molecule has 1 aromatic rings. The molecular weight excluding hydrogens is 408 g/mol. The summed E-state index contributed by atoms with van der Waals surface area (Å²) in [4.78, 5) is 24.4. The second-order valence-electron chi connectivity index (χ2n) is 6.99. The van der Waals surface area contributed by atoms with Gasteiger partial charge in [-0.05, 0) is 31.9 Å². The minimum Gasteiger partial charge on any atom is -0.340 e. The van der Waals surface area contributed by atoms with E-state index in [1.807, 2.05) is 0 Å². The van der Waals surface area contributed by atoms with Gasteiger partial charge >= 0.3 is 0 Å². The van der Waals surface area contributed by atoms with E-state index in [0.29, 0.717) is 25.1 Å². The molecule has 0 spiro atoms. The van der Waals surface area contributed by atoms with Gasteiger partial charge in [0.2, 0.25) is 15.9 Å². The molecule has 1 amide bonds. The van der Waals surface area contributed by atoms with Gasteiger partial charge in [-0.1, -0.05) is 6.07 Å². The van der Waals surface area contributed by atoms with Gasteiger partial charge in [0.05, 0.1) is 9.82 Å². The van der Waals surface area contributed by atoms with Crippen molar-refractivity contribution in [3.8, 4) is 0 Å². The number of hydrogen-bond acceptors (Lipinski definition) is 6. The number of amides is 1. The number of nitro benzene ring substituents is 1. The van der Waals surface area contributed by atoms with E-state index in [0.717, 1.165) is 25.5 Å². The molecule has 9 nitrogen and oxygen atoms in total. The highest BCUT2D eigenvalue weighted by Crippen LogP contribution is 2.25. The number of aryl methyl sites for hydroxylation is 1. The number of rotatable bonds is 5. The van der Waals surface area contributed by atoms with Gasteiger partial charge in [0.1, 0.15) is 0 Å². The number of nitro groups is 1. The van der Waals surface area contributed by atoms with Crippen LogP contribution in [0.25, 0.3) is 0 Å². The lowest BCUT2D eigenvalue weighted by atomic mass is 10.1. The Labute approximate surface area is 170 Å². The maximum absolute atomic E-state index is 12.9. The summed E-state index contributed by atoms with van der Waals surface area (Å²) in [5.41, 5.74) is 0.212. The number of hydrogen-bond donors (Lipinski definition) is 1. The van der Waals surface area contributed by atoms with E-state index in [1.54, 1.807) is 11.8 Å². The van der Waals surface area contributed by atoms with E-state index in [4.69, 9.17) is 0 Å². The van der Waals surface area contributed by atoms with Gasteiger partial charge in [0, 0.05) is 50.8 Å². The van der Waals surface area contributed by atoms with Crippen LogP contribution in [0.3, 0.4) is 0 Å². The third-order valence-electron chi connectivity index (χ3n) is 5.18. The molecule has 2 aliphatic rings. The molecule has 2 saturated heterocycles. The maximum atomic E-state index is 12.9. The first-order valence-electron chi connectivity index (χ1n) is 9.05. The van der Waals surface area contributed by atoms with E-state index in [1.165, 1.54) is 16.4 Å². The summed E-state index contributed by atoms with van der Waals surface area (Å²) in [7, 11) is -3.84. The molecule has 2 heterocycles. The molecule has 0 saturated carbocycles. The third-order valence-corrected chi connectivity index (χ3v) is 7.22. The molecule has 2 aliphatic heterocycles. The van der Waals surface area contributed by atoms with Crippen LogP contribution in [-0.2, 0) is 14.8 Å². The molecule has 0 aromatic heterocycles. The maximum Gasteiger partial charge on any atom is 0.270 e. The van der Waals surface area contributed by atoms with Gasteiger partial charge < -0.3 is 10.2 Å². The van der Waals surface area contributed by atoms with Crippen LogP contribution < -0.4 is 5.32 Å². The highest BCUT2D eigenvalue weighted by atomic mass is 35.5. The van der Waals surface area contributed by atoms with Crippen molar-refractivity contribution in [2.75, 3.05) is 32.7 Å². The first-order chi connectivity index (χ1) is 12.8. The summed E-state index contributed by atoms with van der Waals surface area (Å²) in [6, 6.07) is 4.06. The number of benzene rings is 1. The molecule has 156 valence electrons. The number of carbonyl (C=O) groups excluding carboxylic acids is 1. The topological polar surface area (TPSA) is 113 Å². The average Bonchev–Trinajstić information content (AvgIpc) is 3.14. The lowest BCUT2D eigenvalue weighted by Gasteiger charge is -2.34. The lowest BCUT2D eigenvalue weighted by Crippen LogP contribution is -2.51. The predicted molar refractivity (Wildman–Crippen MR) is 106 cm³/mol. The first-order valence-corrected chi connectivity index (χ1v) is 10.5. The zero-order valence-corrected chi connectivity index (χ0v) is 17.3. The first kappa shape index (κ1) is 22.5. The minimum atomic E-state index is -3.84. The standard InChI is InChI=1S/C17H24N4O5S.ClH/c1-13-4-5-15(21(23)24)12-16(13)27(25,26)20-9-7-19(8-10-20)17(22)11-14-3-2-6-18-14;/h4-5,12,14,18H,2-3,6-11H2,1H3;1H. The fourth-order valence-corrected chi connectivity index (χ4v) is 5.23. The number of nitrogens with zero attached hydrogens (tertiary/aromatic N) is 3. The second-order valence-corrected chi connectivity index (χ2v) is 8.90. The number of non-ortho nitro benzene ring substituents is 1. The number of carbonyl (C=O) groups is 1. The fourth-order valence-electron chi connectivity index (χ4n) is 3.57. The molecule has 0 radical (unpaired) electrons. The lowest BCUT2D eigenvalue weighted by molar-refractivity contribution is -0.385. The van der Waals surface area contributed by atoms with Gasteiger partial charge in [-0.2, -0.15) is 4.31 Å². The summed E-state index contributed by atoms with van der Waals surface area (Å²) < 4.78 is 27.2. The van der Waals surface area contributed by atoms with Crippen molar-refractivity contribution in [1.29, 1.82) is 0 Å². The van der Waals surface area contributed by atoms with Crippen LogP contribution in [0, 0.1) is 17.0 Å². The van der Waals surface area contributed by atoms with Crippen molar-refractivity contribution in [3.63, 3.8) is 0 Å². The molecule has 28 heavy (non-hydrogen) atoms. The zero-order valence-electron chi connectivity index (χ0n) is 15.7. The van der Waals surface area contributed by atoms with Gasteiger partial charge in [-0.25, -0.2) is 8.42 Å². The third kappa shape index (κ3) is 4.80.